The van der Waals surface area contributed by atoms with Gasteiger partial charge in [0, 0.05) is 12.5 Å². The fourth-order valence-corrected chi connectivity index (χ4v) is 1.92. The van der Waals surface area contributed by atoms with Gasteiger partial charge in [-0.1, -0.05) is 24.6 Å². The summed E-state index contributed by atoms with van der Waals surface area (Å²) in [5.74, 6) is 1.11. The van der Waals surface area contributed by atoms with E-state index in [2.05, 4.69) is 10.3 Å². The molecule has 1 aromatic heterocycles. The summed E-state index contributed by atoms with van der Waals surface area (Å²) in [6, 6.07) is 4.75. The molecule has 102 valence electrons. The lowest BCUT2D eigenvalue weighted by atomic mass is 10.1. The number of benzene rings is 1. The lowest BCUT2D eigenvalue weighted by molar-refractivity contribution is 0.424. The Hall–Kier alpha value is -1.39. The van der Waals surface area contributed by atoms with Crippen molar-refractivity contribution in [2.45, 2.75) is 32.9 Å². The summed E-state index contributed by atoms with van der Waals surface area (Å²) in [4.78, 5) is 4.17. The number of oxazole rings is 1. The van der Waals surface area contributed by atoms with Gasteiger partial charge in [-0.15, -0.1) is 0 Å². The van der Waals surface area contributed by atoms with Gasteiger partial charge in [-0.3, -0.25) is 0 Å². The van der Waals surface area contributed by atoms with Gasteiger partial charge in [0.1, 0.15) is 11.6 Å². The number of rotatable bonds is 5. The van der Waals surface area contributed by atoms with Crippen LogP contribution in [-0.2, 0) is 13.0 Å². The second-order valence-corrected chi connectivity index (χ2v) is 4.76. The zero-order valence-electron chi connectivity index (χ0n) is 10.9. The summed E-state index contributed by atoms with van der Waals surface area (Å²) in [5, 5.41) is 3.40. The molecule has 2 aromatic rings. The van der Waals surface area contributed by atoms with Crippen molar-refractivity contribution in [2.24, 2.45) is 0 Å². The number of nitrogens with zero attached hydrogens (tertiary/aromatic N) is 1. The molecule has 0 radical (unpaired) electrons. The average Bonchev–Trinajstić information content (AvgIpc) is 2.87. The minimum atomic E-state index is -0.405. The first-order chi connectivity index (χ1) is 9.10. The molecule has 19 heavy (non-hydrogen) atoms. The number of hydrogen-bond donors (Lipinski definition) is 1. The van der Waals surface area contributed by atoms with Crippen LogP contribution in [0.3, 0.4) is 0 Å². The molecule has 2 rings (SSSR count). The van der Waals surface area contributed by atoms with Crippen molar-refractivity contribution in [3.63, 3.8) is 0 Å². The van der Waals surface area contributed by atoms with Crippen molar-refractivity contribution in [3.05, 3.63) is 52.5 Å². The molecule has 0 saturated heterocycles. The average molecular weight is 283 g/mol. The lowest BCUT2D eigenvalue weighted by Gasteiger charge is -2.13. The van der Waals surface area contributed by atoms with Crippen LogP contribution in [0.1, 0.15) is 37.1 Å². The van der Waals surface area contributed by atoms with E-state index in [0.29, 0.717) is 12.4 Å². The van der Waals surface area contributed by atoms with Crippen molar-refractivity contribution < 1.29 is 8.81 Å². The summed E-state index contributed by atoms with van der Waals surface area (Å²) >= 11 is 5.76. The summed E-state index contributed by atoms with van der Waals surface area (Å²) in [6.45, 7) is 4.52. The summed E-state index contributed by atoms with van der Waals surface area (Å²) in [7, 11) is 0. The van der Waals surface area contributed by atoms with Gasteiger partial charge in [-0.05, 0) is 24.6 Å². The van der Waals surface area contributed by atoms with Gasteiger partial charge < -0.3 is 9.73 Å². The van der Waals surface area contributed by atoms with Crippen LogP contribution in [0.2, 0.25) is 5.02 Å². The Morgan fingerprint density at radius 2 is 2.26 bits per heavy atom. The first-order valence-corrected chi connectivity index (χ1v) is 6.60. The van der Waals surface area contributed by atoms with E-state index in [1.165, 1.54) is 6.07 Å². The molecule has 0 aliphatic heterocycles. The summed E-state index contributed by atoms with van der Waals surface area (Å²) in [6.07, 6.45) is 2.56. The SMILES string of the molecule is CCc1cnc(CNC(C)c2ccc(F)c(Cl)c2)o1. The topological polar surface area (TPSA) is 38.1 Å². The van der Waals surface area contributed by atoms with Gasteiger partial charge in [0.25, 0.3) is 0 Å². The molecule has 0 aliphatic carbocycles. The third-order valence-corrected chi connectivity index (χ3v) is 3.24. The van der Waals surface area contributed by atoms with Crippen LogP contribution in [0.15, 0.2) is 28.8 Å². The molecule has 0 amide bonds. The summed E-state index contributed by atoms with van der Waals surface area (Å²) < 4.78 is 18.6. The molecule has 0 aliphatic rings. The van der Waals surface area contributed by atoms with Crippen LogP contribution >= 0.6 is 11.6 Å². The van der Waals surface area contributed by atoms with Crippen molar-refractivity contribution in [2.75, 3.05) is 0 Å². The lowest BCUT2D eigenvalue weighted by Crippen LogP contribution is -2.18. The third kappa shape index (κ3) is 3.55. The molecule has 1 atom stereocenters. The Labute approximate surface area is 116 Å². The number of aromatic nitrogens is 1. The van der Waals surface area contributed by atoms with Crippen LogP contribution < -0.4 is 5.32 Å². The fraction of sp³-hybridized carbons (Fsp3) is 0.357. The van der Waals surface area contributed by atoms with Crippen molar-refractivity contribution in [1.82, 2.24) is 10.3 Å². The third-order valence-electron chi connectivity index (χ3n) is 2.95. The van der Waals surface area contributed by atoms with E-state index in [4.69, 9.17) is 16.0 Å². The van der Waals surface area contributed by atoms with Gasteiger partial charge in [0.15, 0.2) is 0 Å². The van der Waals surface area contributed by atoms with Crippen molar-refractivity contribution in [3.8, 4) is 0 Å². The largest absolute Gasteiger partial charge is 0.444 e. The highest BCUT2D eigenvalue weighted by Gasteiger charge is 2.09. The standard InChI is InChI=1S/C14H16ClFN2O/c1-3-11-7-18-14(19-11)8-17-9(2)10-4-5-13(16)12(15)6-10/h4-7,9,17H,3,8H2,1-2H3. The number of nitrogens with one attached hydrogen (secondary N) is 1. The van der Waals surface area contributed by atoms with Crippen molar-refractivity contribution in [1.29, 1.82) is 0 Å². The normalized spacial score (nSPS) is 12.6. The zero-order valence-corrected chi connectivity index (χ0v) is 11.7. The maximum atomic E-state index is 13.1. The minimum Gasteiger partial charge on any atom is -0.444 e. The van der Waals surface area contributed by atoms with E-state index >= 15 is 0 Å². The number of halogens is 2. The van der Waals surface area contributed by atoms with Crippen LogP contribution in [-0.4, -0.2) is 4.98 Å². The highest BCUT2D eigenvalue weighted by molar-refractivity contribution is 6.30. The number of hydrogen-bond acceptors (Lipinski definition) is 3. The van der Waals surface area contributed by atoms with E-state index in [1.807, 2.05) is 13.8 Å². The Morgan fingerprint density at radius 1 is 1.47 bits per heavy atom. The summed E-state index contributed by atoms with van der Waals surface area (Å²) in [5.41, 5.74) is 0.925. The highest BCUT2D eigenvalue weighted by Crippen LogP contribution is 2.21. The molecule has 1 heterocycles. The van der Waals surface area contributed by atoms with E-state index in [0.717, 1.165) is 17.7 Å². The first kappa shape index (κ1) is 14.0. The van der Waals surface area contributed by atoms with E-state index in [9.17, 15) is 4.39 Å². The molecule has 0 bridgehead atoms. The van der Waals surface area contributed by atoms with Crippen LogP contribution in [0.25, 0.3) is 0 Å². The van der Waals surface area contributed by atoms with E-state index in [1.54, 1.807) is 18.3 Å². The maximum absolute atomic E-state index is 13.1. The minimum absolute atomic E-state index is 0.0371. The van der Waals surface area contributed by atoms with Gasteiger partial charge in [-0.2, -0.15) is 0 Å². The van der Waals surface area contributed by atoms with Crippen LogP contribution in [0.5, 0.6) is 0 Å². The molecule has 1 N–H and O–H groups in total. The van der Waals surface area contributed by atoms with Gasteiger partial charge in [0.2, 0.25) is 5.89 Å². The highest BCUT2D eigenvalue weighted by atomic mass is 35.5. The monoisotopic (exact) mass is 282 g/mol. The van der Waals surface area contributed by atoms with Gasteiger partial charge in [-0.25, -0.2) is 9.37 Å². The van der Waals surface area contributed by atoms with Crippen molar-refractivity contribution >= 4 is 11.6 Å². The molecule has 0 fully saturated rings. The smallest absolute Gasteiger partial charge is 0.208 e. The molecule has 1 aromatic carbocycles. The van der Waals surface area contributed by atoms with Crippen LogP contribution in [0, 0.1) is 5.82 Å². The molecule has 1 unspecified atom stereocenters. The fourth-order valence-electron chi connectivity index (χ4n) is 1.73. The Bertz CT molecular complexity index is 556. The van der Waals surface area contributed by atoms with Crippen LogP contribution in [0.4, 0.5) is 4.39 Å². The zero-order chi connectivity index (χ0) is 13.8. The predicted molar refractivity (Wildman–Crippen MR) is 72.5 cm³/mol. The number of aryl methyl sites for hydroxylation is 1. The molecule has 0 saturated carbocycles. The van der Waals surface area contributed by atoms with Gasteiger partial charge >= 0.3 is 0 Å². The van der Waals surface area contributed by atoms with E-state index in [-0.39, 0.29) is 11.1 Å². The Morgan fingerprint density at radius 3 is 2.89 bits per heavy atom. The quantitative estimate of drug-likeness (QED) is 0.904. The first-order valence-electron chi connectivity index (χ1n) is 6.22. The maximum Gasteiger partial charge on any atom is 0.208 e. The second kappa shape index (κ2) is 6.17. The molecular formula is C14H16ClFN2O. The Balaban J connectivity index is 1.96. The predicted octanol–water partition coefficient (Wildman–Crippen LogP) is 3.88. The molecule has 5 heteroatoms. The molecule has 0 spiro atoms. The van der Waals surface area contributed by atoms with Gasteiger partial charge in [0.05, 0.1) is 17.8 Å². The molecule has 3 nitrogen and oxygen atoms in total. The second-order valence-electron chi connectivity index (χ2n) is 4.35. The Kier molecular flexibility index (Phi) is 4.56. The molecular weight excluding hydrogens is 267 g/mol. The van der Waals surface area contributed by atoms with E-state index < -0.39 is 5.82 Å².